The van der Waals surface area contributed by atoms with Crippen LogP contribution in [0.5, 0.6) is 11.5 Å². The molecule has 0 fully saturated rings. The molecule has 0 N–H and O–H groups in total. The van der Waals surface area contributed by atoms with Crippen molar-refractivity contribution in [3.8, 4) is 11.5 Å². The molecule has 0 spiro atoms. The molecule has 129 valence electrons. The smallest absolute Gasteiger partial charge is 0.180 e. The van der Waals surface area contributed by atoms with Gasteiger partial charge in [0.1, 0.15) is 5.69 Å². The predicted octanol–water partition coefficient (Wildman–Crippen LogP) is 4.65. The Morgan fingerprint density at radius 2 is 2.00 bits per heavy atom. The van der Waals surface area contributed by atoms with Gasteiger partial charge in [-0.05, 0) is 42.3 Å². The van der Waals surface area contributed by atoms with Gasteiger partial charge in [0.25, 0.3) is 0 Å². The van der Waals surface area contributed by atoms with Gasteiger partial charge in [-0.2, -0.15) is 0 Å². The van der Waals surface area contributed by atoms with E-state index in [0.717, 1.165) is 35.6 Å². The van der Waals surface area contributed by atoms with Crippen LogP contribution in [0.15, 0.2) is 47.6 Å². The summed E-state index contributed by atoms with van der Waals surface area (Å²) in [4.78, 5) is 8.64. The van der Waals surface area contributed by atoms with Gasteiger partial charge >= 0.3 is 0 Å². The predicted molar refractivity (Wildman–Crippen MR) is 100 cm³/mol. The second-order valence-electron chi connectivity index (χ2n) is 5.73. The zero-order valence-corrected chi connectivity index (χ0v) is 14.6. The van der Waals surface area contributed by atoms with Crippen molar-refractivity contribution in [1.82, 2.24) is 10.3 Å². The van der Waals surface area contributed by atoms with E-state index in [1.54, 1.807) is 13.3 Å². The maximum Gasteiger partial charge on any atom is 0.180 e. The first-order valence-corrected chi connectivity index (χ1v) is 8.54. The molecule has 0 amide bonds. The third-order valence-corrected chi connectivity index (χ3v) is 3.84. The van der Waals surface area contributed by atoms with Gasteiger partial charge < -0.3 is 9.47 Å². The Balaban J connectivity index is 1.68. The lowest BCUT2D eigenvalue weighted by molar-refractivity contribution is 0.286. The third kappa shape index (κ3) is 4.38. The zero-order valence-electron chi connectivity index (χ0n) is 14.6. The number of rotatable bonds is 8. The molecule has 5 heteroatoms. The highest BCUT2D eigenvalue weighted by atomic mass is 16.5. The van der Waals surface area contributed by atoms with Crippen LogP contribution in [-0.2, 0) is 0 Å². The van der Waals surface area contributed by atoms with Crippen LogP contribution < -0.4 is 14.8 Å². The standard InChI is InChI=1S/C20H22N3O2/c1-3-4-5-13-25-18-14-15(8-10-17(18)24-2)9-11-19-22-16-7-6-12-21-20(16)23-19/h6-12,14H,3-5,13H2,1-2H3. The number of hydrogen-bond donors (Lipinski definition) is 0. The molecule has 3 rings (SSSR count). The van der Waals surface area contributed by atoms with Crippen LogP contribution in [0.4, 0.5) is 11.5 Å². The summed E-state index contributed by atoms with van der Waals surface area (Å²) in [7, 11) is 1.65. The molecule has 0 atom stereocenters. The normalized spacial score (nSPS) is 12.6. The van der Waals surface area contributed by atoms with Crippen LogP contribution >= 0.6 is 0 Å². The van der Waals surface area contributed by atoms with Crippen molar-refractivity contribution in [3.63, 3.8) is 0 Å². The van der Waals surface area contributed by atoms with Crippen molar-refractivity contribution in [2.75, 3.05) is 13.7 Å². The van der Waals surface area contributed by atoms with Gasteiger partial charge in [0.15, 0.2) is 23.2 Å². The van der Waals surface area contributed by atoms with Crippen LogP contribution in [0.3, 0.4) is 0 Å². The number of amidine groups is 1. The molecule has 2 heterocycles. The first-order valence-electron chi connectivity index (χ1n) is 8.54. The minimum absolute atomic E-state index is 0.648. The van der Waals surface area contributed by atoms with E-state index in [9.17, 15) is 0 Å². The van der Waals surface area contributed by atoms with Crippen molar-refractivity contribution in [3.05, 3.63) is 48.2 Å². The molecule has 2 aromatic rings. The zero-order chi connectivity index (χ0) is 17.5. The average molecular weight is 336 g/mol. The molecular formula is C20H22N3O2. The van der Waals surface area contributed by atoms with Crippen LogP contribution in [0, 0.1) is 0 Å². The van der Waals surface area contributed by atoms with E-state index in [1.807, 2.05) is 42.5 Å². The number of hydrogen-bond acceptors (Lipinski definition) is 4. The highest BCUT2D eigenvalue weighted by Crippen LogP contribution is 2.30. The second-order valence-corrected chi connectivity index (χ2v) is 5.73. The molecule has 25 heavy (non-hydrogen) atoms. The van der Waals surface area contributed by atoms with E-state index in [2.05, 4.69) is 22.2 Å². The van der Waals surface area contributed by atoms with Gasteiger partial charge in [-0.3, -0.25) is 0 Å². The fraction of sp³-hybridized carbons (Fsp3) is 0.300. The maximum absolute atomic E-state index is 5.87. The first kappa shape index (κ1) is 17.0. The van der Waals surface area contributed by atoms with Crippen molar-refractivity contribution < 1.29 is 9.47 Å². The molecule has 0 unspecified atom stereocenters. The first-order chi connectivity index (χ1) is 12.3. The number of aliphatic imine (C=N–C) groups is 1. The number of methoxy groups -OCH3 is 1. The van der Waals surface area contributed by atoms with E-state index in [1.165, 1.54) is 6.42 Å². The molecule has 1 aliphatic heterocycles. The van der Waals surface area contributed by atoms with Crippen molar-refractivity contribution in [2.45, 2.75) is 26.2 Å². The van der Waals surface area contributed by atoms with Crippen LogP contribution in [0.1, 0.15) is 31.7 Å². The summed E-state index contributed by atoms with van der Waals surface area (Å²) in [5, 5.41) is 4.39. The number of ether oxygens (including phenoxy) is 2. The van der Waals surface area contributed by atoms with E-state index in [-0.39, 0.29) is 0 Å². The Bertz CT molecular complexity index is 784. The number of benzene rings is 1. The highest BCUT2D eigenvalue weighted by molar-refractivity contribution is 6.04. The Labute approximate surface area is 148 Å². The lowest BCUT2D eigenvalue weighted by Gasteiger charge is -2.11. The van der Waals surface area contributed by atoms with E-state index < -0.39 is 0 Å². The third-order valence-electron chi connectivity index (χ3n) is 3.84. The van der Waals surface area contributed by atoms with E-state index in [0.29, 0.717) is 18.3 Å². The molecule has 1 aliphatic rings. The number of nitrogens with zero attached hydrogens (tertiary/aromatic N) is 3. The molecule has 5 nitrogen and oxygen atoms in total. The van der Waals surface area contributed by atoms with E-state index in [4.69, 9.17) is 9.47 Å². The summed E-state index contributed by atoms with van der Waals surface area (Å²) in [6, 6.07) is 9.63. The summed E-state index contributed by atoms with van der Waals surface area (Å²) in [6.45, 7) is 2.87. The summed E-state index contributed by atoms with van der Waals surface area (Å²) >= 11 is 0. The Kier molecular flexibility index (Phi) is 5.67. The Morgan fingerprint density at radius 3 is 2.80 bits per heavy atom. The fourth-order valence-electron chi connectivity index (χ4n) is 2.51. The SMILES string of the molecule is CCCCCOc1cc(C=CC2=Nc3cccnc3[N]2)ccc1OC. The number of fused-ring (bicyclic) bond motifs is 1. The highest BCUT2D eigenvalue weighted by Gasteiger charge is 2.14. The monoisotopic (exact) mass is 336 g/mol. The van der Waals surface area contributed by atoms with Crippen molar-refractivity contribution in [2.24, 2.45) is 4.99 Å². The van der Waals surface area contributed by atoms with Gasteiger partial charge in [-0.1, -0.05) is 31.9 Å². The minimum Gasteiger partial charge on any atom is -0.493 e. The van der Waals surface area contributed by atoms with Crippen molar-refractivity contribution in [1.29, 1.82) is 0 Å². The Morgan fingerprint density at radius 1 is 1.08 bits per heavy atom. The summed E-state index contributed by atoms with van der Waals surface area (Å²) in [6.07, 6.45) is 8.94. The summed E-state index contributed by atoms with van der Waals surface area (Å²) in [5.41, 5.74) is 1.81. The molecule has 0 saturated heterocycles. The molecular weight excluding hydrogens is 314 g/mol. The van der Waals surface area contributed by atoms with Crippen LogP contribution in [0.25, 0.3) is 6.08 Å². The van der Waals surface area contributed by atoms with Crippen molar-refractivity contribution >= 4 is 23.4 Å². The van der Waals surface area contributed by atoms with Crippen LogP contribution in [0.2, 0.25) is 0 Å². The fourth-order valence-corrected chi connectivity index (χ4v) is 2.51. The van der Waals surface area contributed by atoms with Crippen LogP contribution in [-0.4, -0.2) is 24.5 Å². The number of unbranched alkanes of at least 4 members (excludes halogenated alkanes) is 2. The number of aromatic nitrogens is 1. The number of pyridine rings is 1. The quantitative estimate of drug-likeness (QED) is 0.659. The topological polar surface area (TPSA) is 57.8 Å². The van der Waals surface area contributed by atoms with E-state index >= 15 is 0 Å². The maximum atomic E-state index is 5.87. The van der Waals surface area contributed by atoms with Gasteiger partial charge in [0, 0.05) is 6.20 Å². The summed E-state index contributed by atoms with van der Waals surface area (Å²) < 4.78 is 11.2. The molecule has 0 bridgehead atoms. The lowest BCUT2D eigenvalue weighted by Crippen LogP contribution is -2.02. The van der Waals surface area contributed by atoms with Gasteiger partial charge in [-0.25, -0.2) is 15.3 Å². The average Bonchev–Trinajstić information content (AvgIpc) is 3.06. The molecule has 0 aliphatic carbocycles. The lowest BCUT2D eigenvalue weighted by atomic mass is 10.2. The molecule has 1 aromatic carbocycles. The summed E-state index contributed by atoms with van der Waals surface area (Å²) in [5.74, 6) is 2.82. The molecule has 1 radical (unpaired) electrons. The minimum atomic E-state index is 0.648. The molecule has 0 saturated carbocycles. The second kappa shape index (κ2) is 8.33. The van der Waals surface area contributed by atoms with Gasteiger partial charge in [0.2, 0.25) is 0 Å². The molecule has 1 aromatic heterocycles. The van der Waals surface area contributed by atoms with Gasteiger partial charge in [-0.15, -0.1) is 0 Å². The van der Waals surface area contributed by atoms with Gasteiger partial charge in [0.05, 0.1) is 13.7 Å². The largest absolute Gasteiger partial charge is 0.493 e. The Hall–Kier alpha value is -2.82.